The van der Waals surface area contributed by atoms with E-state index in [2.05, 4.69) is 0 Å². The van der Waals surface area contributed by atoms with Crippen molar-refractivity contribution in [2.45, 2.75) is 19.0 Å². The van der Waals surface area contributed by atoms with Crippen molar-refractivity contribution in [3.05, 3.63) is 64.4 Å². The summed E-state index contributed by atoms with van der Waals surface area (Å²) >= 11 is 5.89. The molecule has 2 aliphatic heterocycles. The van der Waals surface area contributed by atoms with Gasteiger partial charge in [-0.3, -0.25) is 9.69 Å². The van der Waals surface area contributed by atoms with Crippen molar-refractivity contribution >= 4 is 29.3 Å². The minimum atomic E-state index is -0.473. The molecule has 2 aromatic carbocycles. The molecule has 5 nitrogen and oxygen atoms in total. The van der Waals surface area contributed by atoms with Crippen LogP contribution < -0.4 is 4.90 Å². The van der Waals surface area contributed by atoms with Crippen molar-refractivity contribution in [3.8, 4) is 0 Å². The first kappa shape index (κ1) is 16.8. The molecule has 1 atom stereocenters. The van der Waals surface area contributed by atoms with Crippen LogP contribution in [0, 0.1) is 5.82 Å². The maximum absolute atomic E-state index is 13.8. The molecule has 0 saturated carbocycles. The number of carbonyl (C=O) groups excluding carboxylic acids is 2. The second-order valence-corrected chi connectivity index (χ2v) is 6.83. The summed E-state index contributed by atoms with van der Waals surface area (Å²) in [6.07, 6.45) is 0.0837. The van der Waals surface area contributed by atoms with Crippen molar-refractivity contribution < 1.29 is 18.7 Å². The lowest BCUT2D eigenvalue weighted by Crippen LogP contribution is -2.42. The molecule has 134 valence electrons. The molecule has 26 heavy (non-hydrogen) atoms. The molecule has 1 unspecified atom stereocenters. The lowest BCUT2D eigenvalue weighted by Gasteiger charge is -2.32. The number of nitrogens with zero attached hydrogens (tertiary/aromatic N) is 2. The third-order valence-electron chi connectivity index (χ3n) is 4.74. The van der Waals surface area contributed by atoms with E-state index in [4.69, 9.17) is 16.3 Å². The highest BCUT2D eigenvalue weighted by molar-refractivity contribution is 6.30. The van der Waals surface area contributed by atoms with Gasteiger partial charge in [-0.1, -0.05) is 17.7 Å². The Bertz CT molecular complexity index is 872. The number of fused-ring (bicyclic) bond motifs is 3. The summed E-state index contributed by atoms with van der Waals surface area (Å²) < 4.78 is 18.9. The molecular formula is C19H16ClFN2O3. The van der Waals surface area contributed by atoms with Gasteiger partial charge in [-0.2, -0.15) is 0 Å². The number of halogens is 2. The first-order valence-corrected chi connectivity index (χ1v) is 8.70. The first-order chi connectivity index (χ1) is 12.5. The van der Waals surface area contributed by atoms with Crippen LogP contribution in [0.3, 0.4) is 0 Å². The fraction of sp³-hybridized carbons (Fsp3) is 0.263. The van der Waals surface area contributed by atoms with E-state index in [1.165, 1.54) is 17.0 Å². The second-order valence-electron chi connectivity index (χ2n) is 6.40. The van der Waals surface area contributed by atoms with Crippen LogP contribution in [0.15, 0.2) is 42.5 Å². The fourth-order valence-corrected chi connectivity index (χ4v) is 3.53. The quantitative estimate of drug-likeness (QED) is 0.761. The molecule has 0 spiro atoms. The predicted molar refractivity (Wildman–Crippen MR) is 94.8 cm³/mol. The van der Waals surface area contributed by atoms with Crippen molar-refractivity contribution in [3.63, 3.8) is 0 Å². The van der Waals surface area contributed by atoms with E-state index in [0.29, 0.717) is 34.8 Å². The Labute approximate surface area is 154 Å². The maximum Gasteiger partial charge on any atom is 0.414 e. The van der Waals surface area contributed by atoms with Crippen LogP contribution >= 0.6 is 11.6 Å². The Balaban J connectivity index is 1.70. The van der Waals surface area contributed by atoms with Crippen LogP contribution in [0.2, 0.25) is 5.02 Å². The number of hydrogen-bond donors (Lipinski definition) is 0. The highest BCUT2D eigenvalue weighted by atomic mass is 35.5. The van der Waals surface area contributed by atoms with Crippen LogP contribution in [0.5, 0.6) is 0 Å². The third kappa shape index (κ3) is 3.01. The third-order valence-corrected chi connectivity index (χ3v) is 4.99. The zero-order valence-electron chi connectivity index (χ0n) is 13.8. The average molecular weight is 375 g/mol. The van der Waals surface area contributed by atoms with E-state index >= 15 is 0 Å². The van der Waals surface area contributed by atoms with Gasteiger partial charge < -0.3 is 9.64 Å². The minimum Gasteiger partial charge on any atom is -0.447 e. The van der Waals surface area contributed by atoms with Crippen LogP contribution in [-0.2, 0) is 11.3 Å². The Morgan fingerprint density at radius 2 is 1.96 bits per heavy atom. The van der Waals surface area contributed by atoms with Crippen molar-refractivity contribution in [2.75, 3.05) is 18.1 Å². The van der Waals surface area contributed by atoms with Crippen molar-refractivity contribution in [1.29, 1.82) is 0 Å². The molecule has 0 aliphatic carbocycles. The maximum atomic E-state index is 13.8. The van der Waals surface area contributed by atoms with Crippen LogP contribution in [0.1, 0.15) is 22.3 Å². The lowest BCUT2D eigenvalue weighted by molar-refractivity contribution is 0.0734. The molecule has 0 radical (unpaired) electrons. The molecule has 1 saturated heterocycles. The summed E-state index contributed by atoms with van der Waals surface area (Å²) in [6.45, 7) is 0.988. The van der Waals surface area contributed by atoms with Gasteiger partial charge in [0.1, 0.15) is 12.4 Å². The highest BCUT2D eigenvalue weighted by Gasteiger charge is 2.37. The molecule has 2 aliphatic rings. The van der Waals surface area contributed by atoms with Crippen LogP contribution in [-0.4, -0.2) is 36.1 Å². The Hall–Kier alpha value is -2.60. The lowest BCUT2D eigenvalue weighted by atomic mass is 10.0. The second kappa shape index (κ2) is 6.61. The molecule has 2 aromatic rings. The van der Waals surface area contributed by atoms with Gasteiger partial charge in [0, 0.05) is 23.7 Å². The number of hydrogen-bond acceptors (Lipinski definition) is 3. The normalized spacial score (nSPS) is 19.3. The molecule has 0 aromatic heterocycles. The summed E-state index contributed by atoms with van der Waals surface area (Å²) in [5, 5.41) is 0.562. The van der Waals surface area contributed by atoms with Crippen LogP contribution in [0.25, 0.3) is 0 Å². The van der Waals surface area contributed by atoms with Gasteiger partial charge in [-0.05, 0) is 48.4 Å². The van der Waals surface area contributed by atoms with Gasteiger partial charge in [0.05, 0.1) is 11.7 Å². The van der Waals surface area contributed by atoms with Crippen molar-refractivity contribution in [1.82, 2.24) is 4.90 Å². The largest absolute Gasteiger partial charge is 0.447 e. The summed E-state index contributed by atoms with van der Waals surface area (Å²) in [5.74, 6) is -0.561. The van der Waals surface area contributed by atoms with Gasteiger partial charge in [0.2, 0.25) is 0 Å². The Morgan fingerprint density at radius 1 is 1.19 bits per heavy atom. The van der Waals surface area contributed by atoms with Gasteiger partial charge in [0.25, 0.3) is 5.91 Å². The molecular weight excluding hydrogens is 359 g/mol. The van der Waals surface area contributed by atoms with E-state index in [1.54, 1.807) is 35.2 Å². The van der Waals surface area contributed by atoms with E-state index in [1.807, 2.05) is 0 Å². The van der Waals surface area contributed by atoms with Crippen molar-refractivity contribution in [2.24, 2.45) is 0 Å². The van der Waals surface area contributed by atoms with Gasteiger partial charge in [-0.25, -0.2) is 9.18 Å². The average Bonchev–Trinajstić information content (AvgIpc) is 2.98. The Morgan fingerprint density at radius 3 is 2.73 bits per heavy atom. The summed E-state index contributed by atoms with van der Waals surface area (Å²) in [5.41, 5.74) is 1.71. The van der Waals surface area contributed by atoms with E-state index in [9.17, 15) is 14.0 Å². The summed E-state index contributed by atoms with van der Waals surface area (Å²) in [4.78, 5) is 28.2. The number of rotatable bonds is 1. The summed E-state index contributed by atoms with van der Waals surface area (Å²) in [7, 11) is 0. The first-order valence-electron chi connectivity index (χ1n) is 8.32. The SMILES string of the molecule is O=C(c1ccc(Cl)cc1)N1CCC2COC(=O)N2c2cc(F)ccc2C1. The number of cyclic esters (lactones) is 1. The predicted octanol–water partition coefficient (Wildman–Crippen LogP) is 3.85. The molecule has 2 amide bonds. The zero-order chi connectivity index (χ0) is 18.3. The minimum absolute atomic E-state index is 0.129. The number of carbonyl (C=O) groups is 2. The molecule has 0 bridgehead atoms. The zero-order valence-corrected chi connectivity index (χ0v) is 14.6. The van der Waals surface area contributed by atoms with E-state index in [-0.39, 0.29) is 25.1 Å². The molecule has 0 N–H and O–H groups in total. The Kier molecular flexibility index (Phi) is 4.28. The van der Waals surface area contributed by atoms with Gasteiger partial charge in [-0.15, -0.1) is 0 Å². The summed E-state index contributed by atoms with van der Waals surface area (Å²) in [6, 6.07) is 10.8. The highest BCUT2D eigenvalue weighted by Crippen LogP contribution is 2.32. The smallest absolute Gasteiger partial charge is 0.414 e. The standard InChI is InChI=1S/C19H16ClFN2O3/c20-14-4-1-12(2-5-14)18(24)22-8-7-16-11-26-19(25)23(16)17-9-15(21)6-3-13(17)10-22/h1-6,9,16H,7-8,10-11H2. The van der Waals surface area contributed by atoms with Gasteiger partial charge >= 0.3 is 6.09 Å². The molecule has 2 heterocycles. The van der Waals surface area contributed by atoms with E-state index < -0.39 is 11.9 Å². The molecule has 7 heteroatoms. The fourth-order valence-electron chi connectivity index (χ4n) is 3.40. The topological polar surface area (TPSA) is 49.9 Å². The number of ether oxygens (including phenoxy) is 1. The van der Waals surface area contributed by atoms with E-state index in [0.717, 1.165) is 0 Å². The number of benzene rings is 2. The number of amides is 2. The molecule has 4 rings (SSSR count). The number of anilines is 1. The van der Waals surface area contributed by atoms with Gasteiger partial charge in [0.15, 0.2) is 0 Å². The monoisotopic (exact) mass is 374 g/mol. The molecule has 1 fully saturated rings. The van der Waals surface area contributed by atoms with Crippen LogP contribution in [0.4, 0.5) is 14.9 Å².